The molecule has 7 heteroatoms. The number of non-ortho nitro benzene ring substituents is 1. The lowest BCUT2D eigenvalue weighted by atomic mass is 9.93. The van der Waals surface area contributed by atoms with Crippen LogP contribution >= 0.6 is 0 Å². The van der Waals surface area contributed by atoms with Crippen LogP contribution < -0.4 is 5.32 Å². The molecule has 1 aromatic rings. The highest BCUT2D eigenvalue weighted by Crippen LogP contribution is 2.19. The molecular weight excluding hydrogens is 288 g/mol. The Morgan fingerprint density at radius 2 is 1.91 bits per heavy atom. The fourth-order valence-electron chi connectivity index (χ4n) is 2.07. The summed E-state index contributed by atoms with van der Waals surface area (Å²) in [4.78, 5) is 33.5. The molecule has 0 aliphatic heterocycles. The molecule has 0 heterocycles. The van der Waals surface area contributed by atoms with E-state index >= 15 is 0 Å². The summed E-state index contributed by atoms with van der Waals surface area (Å²) in [5, 5.41) is 13.2. The molecule has 120 valence electrons. The Balaban J connectivity index is 2.80. The van der Waals surface area contributed by atoms with Gasteiger partial charge in [-0.25, -0.2) is 4.79 Å². The largest absolute Gasteiger partial charge is 0.464 e. The molecule has 0 saturated heterocycles. The lowest BCUT2D eigenvalue weighted by molar-refractivity contribution is -0.384. The second kappa shape index (κ2) is 7.53. The van der Waals surface area contributed by atoms with Gasteiger partial charge in [-0.1, -0.05) is 12.1 Å². The van der Waals surface area contributed by atoms with Crippen LogP contribution in [0.4, 0.5) is 5.69 Å². The molecule has 0 aliphatic carbocycles. The van der Waals surface area contributed by atoms with Crippen LogP contribution in [0.15, 0.2) is 24.3 Å². The van der Waals surface area contributed by atoms with Crippen molar-refractivity contribution in [2.75, 3.05) is 6.61 Å². The van der Waals surface area contributed by atoms with E-state index in [4.69, 9.17) is 4.74 Å². The van der Waals surface area contributed by atoms with Gasteiger partial charge in [0, 0.05) is 19.1 Å². The number of nitrogens with zero attached hydrogens (tertiary/aromatic N) is 1. The monoisotopic (exact) mass is 308 g/mol. The van der Waals surface area contributed by atoms with E-state index in [9.17, 15) is 19.7 Å². The molecule has 0 saturated carbocycles. The van der Waals surface area contributed by atoms with Crippen molar-refractivity contribution in [2.45, 2.75) is 39.2 Å². The first-order valence-corrected chi connectivity index (χ1v) is 6.98. The van der Waals surface area contributed by atoms with E-state index in [0.717, 1.165) is 5.56 Å². The molecule has 1 N–H and O–H groups in total. The fraction of sp³-hybridized carbons (Fsp3) is 0.467. The summed E-state index contributed by atoms with van der Waals surface area (Å²) >= 11 is 0. The summed E-state index contributed by atoms with van der Waals surface area (Å²) in [6.45, 7) is 4.87. The van der Waals surface area contributed by atoms with E-state index in [1.165, 1.54) is 19.1 Å². The van der Waals surface area contributed by atoms with Crippen LogP contribution in [-0.2, 0) is 20.7 Å². The van der Waals surface area contributed by atoms with Crippen LogP contribution in [0.2, 0.25) is 0 Å². The van der Waals surface area contributed by atoms with Crippen LogP contribution in [0.5, 0.6) is 0 Å². The van der Waals surface area contributed by atoms with Gasteiger partial charge in [0.15, 0.2) is 0 Å². The maximum Gasteiger partial charge on any atom is 0.331 e. The van der Waals surface area contributed by atoms with E-state index in [2.05, 4.69) is 5.32 Å². The van der Waals surface area contributed by atoms with Crippen molar-refractivity contribution in [1.82, 2.24) is 5.32 Å². The van der Waals surface area contributed by atoms with Crippen molar-refractivity contribution < 1.29 is 19.2 Å². The molecule has 1 unspecified atom stereocenters. The summed E-state index contributed by atoms with van der Waals surface area (Å²) in [5.74, 6) is -0.814. The first-order chi connectivity index (χ1) is 10.3. The minimum absolute atomic E-state index is 0.0127. The van der Waals surface area contributed by atoms with Gasteiger partial charge in [0.1, 0.15) is 5.54 Å². The quantitative estimate of drug-likeness (QED) is 0.472. The van der Waals surface area contributed by atoms with E-state index < -0.39 is 16.4 Å². The SMILES string of the molecule is CCOC(=O)C(C)(CCc1ccc([N+](=O)[O-])cc1)NC(C)=O. The Bertz CT molecular complexity index is 556. The number of hydrogen-bond acceptors (Lipinski definition) is 5. The number of amides is 1. The highest BCUT2D eigenvalue weighted by Gasteiger charge is 2.35. The average Bonchev–Trinajstić information content (AvgIpc) is 2.45. The molecule has 1 atom stereocenters. The first-order valence-electron chi connectivity index (χ1n) is 6.98. The van der Waals surface area contributed by atoms with Gasteiger partial charge in [0.2, 0.25) is 5.91 Å². The number of nitro benzene ring substituents is 1. The summed E-state index contributed by atoms with van der Waals surface area (Å²) in [6, 6.07) is 6.10. The smallest absolute Gasteiger partial charge is 0.331 e. The van der Waals surface area contributed by atoms with Gasteiger partial charge in [-0.3, -0.25) is 14.9 Å². The molecule has 7 nitrogen and oxygen atoms in total. The van der Waals surface area contributed by atoms with Gasteiger partial charge in [-0.15, -0.1) is 0 Å². The zero-order valence-electron chi connectivity index (χ0n) is 12.9. The van der Waals surface area contributed by atoms with Gasteiger partial charge in [0.05, 0.1) is 11.5 Å². The topological polar surface area (TPSA) is 98.5 Å². The molecular formula is C15H20N2O5. The van der Waals surface area contributed by atoms with Crippen molar-refractivity contribution in [3.8, 4) is 0 Å². The third-order valence-corrected chi connectivity index (χ3v) is 3.24. The van der Waals surface area contributed by atoms with Crippen molar-refractivity contribution in [3.63, 3.8) is 0 Å². The Labute approximate surface area is 128 Å². The molecule has 1 rings (SSSR count). The molecule has 0 fully saturated rings. The number of hydrogen-bond donors (Lipinski definition) is 1. The Hall–Kier alpha value is -2.44. The van der Waals surface area contributed by atoms with Crippen LogP contribution in [0.1, 0.15) is 32.8 Å². The van der Waals surface area contributed by atoms with Crippen molar-refractivity contribution in [1.29, 1.82) is 0 Å². The minimum atomic E-state index is -1.12. The average molecular weight is 308 g/mol. The molecule has 0 radical (unpaired) electrons. The predicted molar refractivity (Wildman–Crippen MR) is 80.3 cm³/mol. The molecule has 0 aromatic heterocycles. The highest BCUT2D eigenvalue weighted by atomic mass is 16.6. The van der Waals surface area contributed by atoms with E-state index in [1.54, 1.807) is 26.0 Å². The van der Waals surface area contributed by atoms with E-state index in [0.29, 0.717) is 12.8 Å². The number of aryl methyl sites for hydroxylation is 1. The van der Waals surface area contributed by atoms with Crippen molar-refractivity contribution in [2.24, 2.45) is 0 Å². The summed E-state index contributed by atoms with van der Waals surface area (Å²) < 4.78 is 5.00. The van der Waals surface area contributed by atoms with Crippen molar-refractivity contribution in [3.05, 3.63) is 39.9 Å². The third-order valence-electron chi connectivity index (χ3n) is 3.24. The zero-order valence-corrected chi connectivity index (χ0v) is 12.9. The van der Waals surface area contributed by atoms with Gasteiger partial charge >= 0.3 is 5.97 Å². The number of ether oxygens (including phenoxy) is 1. The second-order valence-corrected chi connectivity index (χ2v) is 5.16. The maximum absolute atomic E-state index is 12.0. The number of nitrogens with one attached hydrogen (secondary N) is 1. The molecule has 1 aromatic carbocycles. The van der Waals surface area contributed by atoms with Gasteiger partial charge < -0.3 is 10.1 Å². The predicted octanol–water partition coefficient (Wildman–Crippen LogP) is 1.99. The van der Waals surface area contributed by atoms with Crippen molar-refractivity contribution >= 4 is 17.6 Å². The first kappa shape index (κ1) is 17.6. The maximum atomic E-state index is 12.0. The highest BCUT2D eigenvalue weighted by molar-refractivity contribution is 5.86. The lowest BCUT2D eigenvalue weighted by Gasteiger charge is -2.28. The summed E-state index contributed by atoms with van der Waals surface area (Å²) in [6.07, 6.45) is 0.816. The second-order valence-electron chi connectivity index (χ2n) is 5.16. The molecule has 0 aliphatic rings. The van der Waals surface area contributed by atoms with E-state index in [1.807, 2.05) is 0 Å². The zero-order chi connectivity index (χ0) is 16.8. The molecule has 22 heavy (non-hydrogen) atoms. The van der Waals surface area contributed by atoms with Gasteiger partial charge in [-0.05, 0) is 32.3 Å². The molecule has 0 bridgehead atoms. The minimum Gasteiger partial charge on any atom is -0.464 e. The number of carbonyl (C=O) groups is 2. The number of rotatable bonds is 7. The number of carbonyl (C=O) groups excluding carboxylic acids is 2. The van der Waals surface area contributed by atoms with Gasteiger partial charge in [0.25, 0.3) is 5.69 Å². The number of benzene rings is 1. The van der Waals surface area contributed by atoms with Crippen LogP contribution in [0, 0.1) is 10.1 Å². The van der Waals surface area contributed by atoms with Gasteiger partial charge in [-0.2, -0.15) is 0 Å². The normalized spacial score (nSPS) is 13.0. The fourth-order valence-corrected chi connectivity index (χ4v) is 2.07. The Morgan fingerprint density at radius 3 is 2.36 bits per heavy atom. The standard InChI is InChI=1S/C15H20N2O5/c1-4-22-14(19)15(3,16-11(2)18)10-9-12-5-7-13(8-6-12)17(20)21/h5-8H,4,9-10H2,1-3H3,(H,16,18). The number of nitro groups is 1. The Kier molecular flexibility index (Phi) is 6.03. The third kappa shape index (κ3) is 4.83. The Morgan fingerprint density at radius 1 is 1.32 bits per heavy atom. The number of esters is 1. The van der Waals surface area contributed by atoms with Crippen LogP contribution in [0.25, 0.3) is 0 Å². The van der Waals surface area contributed by atoms with Crippen LogP contribution in [-0.4, -0.2) is 28.9 Å². The summed E-state index contributed by atoms with van der Waals surface area (Å²) in [5.41, 5.74) is -0.269. The van der Waals surface area contributed by atoms with E-state index in [-0.39, 0.29) is 18.2 Å². The molecule has 0 spiro atoms. The lowest BCUT2D eigenvalue weighted by Crippen LogP contribution is -2.52. The summed E-state index contributed by atoms with van der Waals surface area (Å²) in [7, 11) is 0. The van der Waals surface area contributed by atoms with Crippen LogP contribution in [0.3, 0.4) is 0 Å². The molecule has 1 amide bonds.